The van der Waals surface area contributed by atoms with Crippen LogP contribution in [0.3, 0.4) is 0 Å². The van der Waals surface area contributed by atoms with Gasteiger partial charge in [0.1, 0.15) is 0 Å². The molecule has 1 aromatic heterocycles. The lowest BCUT2D eigenvalue weighted by Crippen LogP contribution is -2.34. The summed E-state index contributed by atoms with van der Waals surface area (Å²) in [6.07, 6.45) is 2.91. The average molecular weight is 204 g/mol. The number of nitrogens with one attached hydrogen (secondary N) is 2. The molecule has 0 aliphatic rings. The maximum Gasteiger partial charge on any atom is 0.242 e. The van der Waals surface area contributed by atoms with Gasteiger partial charge in [0.25, 0.3) is 0 Å². The number of hydrogen-bond acceptors (Lipinski definition) is 3. The van der Waals surface area contributed by atoms with Crippen molar-refractivity contribution in [2.75, 3.05) is 6.61 Å². The Kier molecular flexibility index (Phi) is 3.07. The van der Waals surface area contributed by atoms with Crippen molar-refractivity contribution in [3.63, 3.8) is 0 Å². The molecule has 1 atom stereocenters. The van der Waals surface area contributed by atoms with Crippen LogP contribution in [0.4, 0.5) is 0 Å². The van der Waals surface area contributed by atoms with Gasteiger partial charge in [-0.15, -0.1) is 0 Å². The summed E-state index contributed by atoms with van der Waals surface area (Å²) in [5.41, 5.74) is 0. The lowest BCUT2D eigenvalue weighted by Gasteiger charge is -2.09. The monoisotopic (exact) mass is 204 g/mol. The predicted molar refractivity (Wildman–Crippen MR) is 47.7 cm³/mol. The molecule has 0 amide bonds. The van der Waals surface area contributed by atoms with Gasteiger partial charge in [0, 0.05) is 18.4 Å². The van der Waals surface area contributed by atoms with Gasteiger partial charge < -0.3 is 10.1 Å². The largest absolute Gasteiger partial charge is 0.395 e. The third-order valence-corrected chi connectivity index (χ3v) is 3.10. The van der Waals surface area contributed by atoms with Crippen LogP contribution in [0.2, 0.25) is 0 Å². The molecule has 0 bridgehead atoms. The van der Waals surface area contributed by atoms with Crippen molar-refractivity contribution in [3.05, 3.63) is 18.5 Å². The van der Waals surface area contributed by atoms with Gasteiger partial charge in [-0.3, -0.25) is 0 Å². The van der Waals surface area contributed by atoms with Gasteiger partial charge in [0.2, 0.25) is 10.0 Å². The molecule has 0 radical (unpaired) electrons. The summed E-state index contributed by atoms with van der Waals surface area (Å²) in [5.74, 6) is 0. The summed E-state index contributed by atoms with van der Waals surface area (Å²) in [6.45, 7) is 1.37. The van der Waals surface area contributed by atoms with Crippen molar-refractivity contribution in [1.29, 1.82) is 0 Å². The first-order chi connectivity index (χ1) is 6.06. The number of hydrogen-bond donors (Lipinski definition) is 3. The Morgan fingerprint density at radius 1 is 1.69 bits per heavy atom. The van der Waals surface area contributed by atoms with Gasteiger partial charge in [0.15, 0.2) is 0 Å². The minimum Gasteiger partial charge on any atom is -0.395 e. The Morgan fingerprint density at radius 3 is 2.85 bits per heavy atom. The first-order valence-corrected chi connectivity index (χ1v) is 5.30. The molecular weight excluding hydrogens is 192 g/mol. The molecule has 13 heavy (non-hydrogen) atoms. The van der Waals surface area contributed by atoms with Crippen LogP contribution < -0.4 is 4.72 Å². The van der Waals surface area contributed by atoms with Gasteiger partial charge in [-0.25, -0.2) is 13.1 Å². The predicted octanol–water partition coefficient (Wildman–Crippen LogP) is -0.326. The summed E-state index contributed by atoms with van der Waals surface area (Å²) < 4.78 is 25.2. The molecule has 3 N–H and O–H groups in total. The Balaban J connectivity index is 2.79. The van der Waals surface area contributed by atoms with E-state index in [1.54, 1.807) is 6.92 Å². The normalized spacial score (nSPS) is 14.3. The second-order valence-electron chi connectivity index (χ2n) is 2.75. The first-order valence-electron chi connectivity index (χ1n) is 3.82. The van der Waals surface area contributed by atoms with Crippen molar-refractivity contribution in [2.45, 2.75) is 17.9 Å². The van der Waals surface area contributed by atoms with E-state index in [1.165, 1.54) is 18.5 Å². The van der Waals surface area contributed by atoms with E-state index < -0.39 is 16.1 Å². The van der Waals surface area contributed by atoms with Crippen LogP contribution in [-0.2, 0) is 10.0 Å². The van der Waals surface area contributed by atoms with Gasteiger partial charge in [-0.05, 0) is 13.0 Å². The molecule has 6 heteroatoms. The SMILES string of the molecule is CC(CO)NS(=O)(=O)c1cc[nH]c1. The Morgan fingerprint density at radius 2 is 2.38 bits per heavy atom. The lowest BCUT2D eigenvalue weighted by atomic mass is 10.4. The average Bonchev–Trinajstić information content (AvgIpc) is 2.55. The fourth-order valence-corrected chi connectivity index (χ4v) is 2.06. The summed E-state index contributed by atoms with van der Waals surface area (Å²) in [5, 5.41) is 8.66. The van der Waals surface area contributed by atoms with Crippen LogP contribution in [0, 0.1) is 0 Å². The number of rotatable bonds is 4. The second kappa shape index (κ2) is 3.91. The van der Waals surface area contributed by atoms with E-state index in [-0.39, 0.29) is 11.5 Å². The molecule has 0 aliphatic heterocycles. The van der Waals surface area contributed by atoms with Gasteiger partial charge >= 0.3 is 0 Å². The molecule has 0 saturated heterocycles. The van der Waals surface area contributed by atoms with E-state index in [9.17, 15) is 8.42 Å². The van der Waals surface area contributed by atoms with Crippen LogP contribution in [0.5, 0.6) is 0 Å². The minimum atomic E-state index is -3.47. The van der Waals surface area contributed by atoms with E-state index >= 15 is 0 Å². The number of aromatic nitrogens is 1. The van der Waals surface area contributed by atoms with E-state index in [2.05, 4.69) is 9.71 Å². The number of aliphatic hydroxyl groups is 1. The van der Waals surface area contributed by atoms with Crippen LogP contribution in [0.25, 0.3) is 0 Å². The summed E-state index contributed by atoms with van der Waals surface area (Å²) >= 11 is 0. The number of sulfonamides is 1. The number of H-pyrrole nitrogens is 1. The smallest absolute Gasteiger partial charge is 0.242 e. The molecule has 74 valence electrons. The third-order valence-electron chi connectivity index (χ3n) is 1.51. The maximum atomic E-state index is 11.4. The molecule has 1 rings (SSSR count). The van der Waals surface area contributed by atoms with Crippen molar-refractivity contribution < 1.29 is 13.5 Å². The molecule has 1 unspecified atom stereocenters. The highest BCUT2D eigenvalue weighted by Crippen LogP contribution is 2.06. The fraction of sp³-hybridized carbons (Fsp3) is 0.429. The van der Waals surface area contributed by atoms with Gasteiger partial charge in [-0.2, -0.15) is 0 Å². The highest BCUT2D eigenvalue weighted by Gasteiger charge is 2.16. The lowest BCUT2D eigenvalue weighted by molar-refractivity contribution is 0.265. The number of aliphatic hydroxyl groups excluding tert-OH is 1. The molecule has 0 fully saturated rings. The van der Waals surface area contributed by atoms with Crippen molar-refractivity contribution in [2.24, 2.45) is 0 Å². The van der Waals surface area contributed by atoms with Crippen molar-refractivity contribution >= 4 is 10.0 Å². The standard InChI is InChI=1S/C7H12N2O3S/c1-6(5-10)9-13(11,12)7-2-3-8-4-7/h2-4,6,8-10H,5H2,1H3. The highest BCUT2D eigenvalue weighted by molar-refractivity contribution is 7.89. The quantitative estimate of drug-likeness (QED) is 0.628. The zero-order chi connectivity index (χ0) is 9.90. The van der Waals surface area contributed by atoms with Crippen LogP contribution in [0.15, 0.2) is 23.4 Å². The van der Waals surface area contributed by atoms with E-state index in [0.717, 1.165) is 0 Å². The van der Waals surface area contributed by atoms with E-state index in [0.29, 0.717) is 0 Å². The molecule has 0 aliphatic carbocycles. The van der Waals surface area contributed by atoms with Crippen LogP contribution >= 0.6 is 0 Å². The van der Waals surface area contributed by atoms with Gasteiger partial charge in [0.05, 0.1) is 11.5 Å². The second-order valence-corrected chi connectivity index (χ2v) is 4.47. The zero-order valence-corrected chi connectivity index (χ0v) is 8.00. The van der Waals surface area contributed by atoms with Crippen molar-refractivity contribution in [1.82, 2.24) is 9.71 Å². The zero-order valence-electron chi connectivity index (χ0n) is 7.19. The fourth-order valence-electron chi connectivity index (χ4n) is 0.846. The molecular formula is C7H12N2O3S. The summed E-state index contributed by atoms with van der Waals surface area (Å²) in [7, 11) is -3.47. The molecule has 0 spiro atoms. The summed E-state index contributed by atoms with van der Waals surface area (Å²) in [6, 6.07) is 0.979. The van der Waals surface area contributed by atoms with E-state index in [1.807, 2.05) is 0 Å². The first kappa shape index (κ1) is 10.2. The van der Waals surface area contributed by atoms with Gasteiger partial charge in [-0.1, -0.05) is 0 Å². The molecule has 0 saturated carbocycles. The molecule has 1 heterocycles. The van der Waals surface area contributed by atoms with Crippen LogP contribution in [-0.4, -0.2) is 31.2 Å². The Bertz CT molecular complexity index is 344. The van der Waals surface area contributed by atoms with Crippen LogP contribution in [0.1, 0.15) is 6.92 Å². The maximum absolute atomic E-state index is 11.4. The third kappa shape index (κ3) is 2.55. The molecule has 5 nitrogen and oxygen atoms in total. The van der Waals surface area contributed by atoms with Crippen molar-refractivity contribution in [3.8, 4) is 0 Å². The Hall–Kier alpha value is -0.850. The Labute approximate surface area is 76.8 Å². The molecule has 0 aromatic carbocycles. The topological polar surface area (TPSA) is 82.2 Å². The minimum absolute atomic E-state index is 0.174. The van der Waals surface area contributed by atoms with E-state index in [4.69, 9.17) is 5.11 Å². The summed E-state index contributed by atoms with van der Waals surface area (Å²) in [4.78, 5) is 2.82. The molecule has 1 aromatic rings. The highest BCUT2D eigenvalue weighted by atomic mass is 32.2. The number of aromatic amines is 1.